The summed E-state index contributed by atoms with van der Waals surface area (Å²) in [5.74, 6) is -0.395. The molecule has 0 saturated carbocycles. The molecule has 0 bridgehead atoms. The SMILES string of the molecule is Cc1cc(C)cc(C(=O)NCC(=O)c2ccc(Cl)cc2)c1. The highest BCUT2D eigenvalue weighted by molar-refractivity contribution is 6.30. The molecule has 108 valence electrons. The highest BCUT2D eigenvalue weighted by Crippen LogP contribution is 2.11. The minimum Gasteiger partial charge on any atom is -0.345 e. The van der Waals surface area contributed by atoms with Crippen molar-refractivity contribution in [1.29, 1.82) is 0 Å². The summed E-state index contributed by atoms with van der Waals surface area (Å²) in [6.07, 6.45) is 0. The predicted molar refractivity (Wildman–Crippen MR) is 84.0 cm³/mol. The van der Waals surface area contributed by atoms with Gasteiger partial charge in [-0.1, -0.05) is 28.8 Å². The van der Waals surface area contributed by atoms with E-state index in [9.17, 15) is 9.59 Å². The molecule has 0 aliphatic rings. The summed E-state index contributed by atoms with van der Waals surface area (Å²) < 4.78 is 0. The van der Waals surface area contributed by atoms with Gasteiger partial charge in [-0.05, 0) is 50.2 Å². The number of nitrogens with one attached hydrogen (secondary N) is 1. The van der Waals surface area contributed by atoms with Crippen molar-refractivity contribution in [3.63, 3.8) is 0 Å². The number of aryl methyl sites for hydroxylation is 2. The van der Waals surface area contributed by atoms with Crippen LogP contribution in [0.5, 0.6) is 0 Å². The second-order valence-corrected chi connectivity index (χ2v) is 5.43. The zero-order chi connectivity index (χ0) is 15.4. The van der Waals surface area contributed by atoms with Gasteiger partial charge in [-0.15, -0.1) is 0 Å². The van der Waals surface area contributed by atoms with Gasteiger partial charge in [0, 0.05) is 16.1 Å². The van der Waals surface area contributed by atoms with Crippen molar-refractivity contribution in [3.8, 4) is 0 Å². The molecule has 21 heavy (non-hydrogen) atoms. The molecular weight excluding hydrogens is 286 g/mol. The van der Waals surface area contributed by atoms with Crippen LogP contribution in [0.25, 0.3) is 0 Å². The summed E-state index contributed by atoms with van der Waals surface area (Å²) >= 11 is 5.77. The van der Waals surface area contributed by atoms with E-state index in [-0.39, 0.29) is 18.2 Å². The highest BCUT2D eigenvalue weighted by atomic mass is 35.5. The maximum atomic E-state index is 12.1. The molecule has 0 heterocycles. The molecule has 0 aliphatic heterocycles. The third-order valence-corrected chi connectivity index (χ3v) is 3.31. The highest BCUT2D eigenvalue weighted by Gasteiger charge is 2.10. The quantitative estimate of drug-likeness (QED) is 0.878. The summed E-state index contributed by atoms with van der Waals surface area (Å²) in [5, 5.41) is 3.22. The Labute approximate surface area is 128 Å². The second-order valence-electron chi connectivity index (χ2n) is 4.99. The van der Waals surface area contributed by atoms with Crippen LogP contribution < -0.4 is 5.32 Å². The summed E-state index contributed by atoms with van der Waals surface area (Å²) in [4.78, 5) is 24.0. The fourth-order valence-corrected chi connectivity index (χ4v) is 2.23. The monoisotopic (exact) mass is 301 g/mol. The maximum Gasteiger partial charge on any atom is 0.251 e. The molecule has 0 atom stereocenters. The lowest BCUT2D eigenvalue weighted by atomic mass is 10.1. The van der Waals surface area contributed by atoms with E-state index in [0.29, 0.717) is 16.1 Å². The third-order valence-electron chi connectivity index (χ3n) is 3.06. The summed E-state index contributed by atoms with van der Waals surface area (Å²) in [7, 11) is 0. The van der Waals surface area contributed by atoms with Crippen molar-refractivity contribution in [3.05, 3.63) is 69.7 Å². The van der Waals surface area contributed by atoms with E-state index in [1.807, 2.05) is 19.9 Å². The average Bonchev–Trinajstić information content (AvgIpc) is 2.44. The molecule has 0 spiro atoms. The molecule has 0 unspecified atom stereocenters. The van der Waals surface area contributed by atoms with E-state index in [1.165, 1.54) is 0 Å². The molecule has 2 aromatic carbocycles. The van der Waals surface area contributed by atoms with Crippen LogP contribution in [0.3, 0.4) is 0 Å². The van der Waals surface area contributed by atoms with Crippen LogP contribution in [0.1, 0.15) is 31.8 Å². The molecular formula is C17H16ClNO2. The minimum atomic E-state index is -0.246. The van der Waals surface area contributed by atoms with E-state index in [1.54, 1.807) is 36.4 Å². The first-order valence-electron chi connectivity index (χ1n) is 6.61. The van der Waals surface area contributed by atoms with Gasteiger partial charge in [0.1, 0.15) is 0 Å². The first-order chi connectivity index (χ1) is 9.95. The van der Waals surface area contributed by atoms with Crippen molar-refractivity contribution >= 4 is 23.3 Å². The van der Waals surface area contributed by atoms with E-state index in [2.05, 4.69) is 5.32 Å². The van der Waals surface area contributed by atoms with Crippen LogP contribution in [0, 0.1) is 13.8 Å². The minimum absolute atomic E-state index is 0.0343. The Hall–Kier alpha value is -2.13. The molecule has 2 aromatic rings. The van der Waals surface area contributed by atoms with Gasteiger partial charge in [0.15, 0.2) is 5.78 Å². The lowest BCUT2D eigenvalue weighted by Gasteiger charge is -2.07. The lowest BCUT2D eigenvalue weighted by Crippen LogP contribution is -2.29. The Balaban J connectivity index is 2.00. The second kappa shape index (κ2) is 6.55. The normalized spacial score (nSPS) is 10.2. The Morgan fingerprint density at radius 3 is 2.10 bits per heavy atom. The average molecular weight is 302 g/mol. The van der Waals surface area contributed by atoms with Crippen LogP contribution in [-0.2, 0) is 0 Å². The topological polar surface area (TPSA) is 46.2 Å². The van der Waals surface area contributed by atoms with E-state index < -0.39 is 0 Å². The number of carbonyl (C=O) groups is 2. The molecule has 2 rings (SSSR count). The van der Waals surface area contributed by atoms with E-state index in [4.69, 9.17) is 11.6 Å². The largest absolute Gasteiger partial charge is 0.345 e. The van der Waals surface area contributed by atoms with Crippen molar-refractivity contribution < 1.29 is 9.59 Å². The van der Waals surface area contributed by atoms with Gasteiger partial charge in [-0.3, -0.25) is 9.59 Å². The van der Waals surface area contributed by atoms with E-state index in [0.717, 1.165) is 11.1 Å². The number of hydrogen-bond donors (Lipinski definition) is 1. The molecule has 3 nitrogen and oxygen atoms in total. The standard InChI is InChI=1S/C17H16ClNO2/c1-11-7-12(2)9-14(8-11)17(21)19-10-16(20)13-3-5-15(18)6-4-13/h3-9H,10H2,1-2H3,(H,19,21). The Morgan fingerprint density at radius 1 is 0.952 bits per heavy atom. The molecule has 1 N–H and O–H groups in total. The van der Waals surface area contributed by atoms with Crippen LogP contribution in [-0.4, -0.2) is 18.2 Å². The van der Waals surface area contributed by atoms with Crippen LogP contribution in [0.2, 0.25) is 5.02 Å². The van der Waals surface area contributed by atoms with Gasteiger partial charge in [0.05, 0.1) is 6.54 Å². The van der Waals surface area contributed by atoms with Gasteiger partial charge < -0.3 is 5.32 Å². The summed E-state index contributed by atoms with van der Waals surface area (Å²) in [5.41, 5.74) is 3.13. The number of benzene rings is 2. The molecule has 0 saturated heterocycles. The number of halogens is 1. The van der Waals surface area contributed by atoms with Crippen molar-refractivity contribution in [1.82, 2.24) is 5.32 Å². The van der Waals surface area contributed by atoms with Crippen molar-refractivity contribution in [2.75, 3.05) is 6.54 Å². The molecule has 0 aliphatic carbocycles. The third kappa shape index (κ3) is 4.17. The first-order valence-corrected chi connectivity index (χ1v) is 6.99. The molecule has 0 radical (unpaired) electrons. The lowest BCUT2D eigenvalue weighted by molar-refractivity contribution is 0.0904. The number of amides is 1. The number of Topliss-reactive ketones (excluding diaryl/α,β-unsaturated/α-hetero) is 1. The van der Waals surface area contributed by atoms with Crippen LogP contribution in [0.15, 0.2) is 42.5 Å². The zero-order valence-electron chi connectivity index (χ0n) is 11.9. The predicted octanol–water partition coefficient (Wildman–Crippen LogP) is 3.57. The van der Waals surface area contributed by atoms with Gasteiger partial charge in [0.2, 0.25) is 0 Å². The molecule has 4 heteroatoms. The van der Waals surface area contributed by atoms with Gasteiger partial charge in [0.25, 0.3) is 5.91 Å². The van der Waals surface area contributed by atoms with Crippen molar-refractivity contribution in [2.45, 2.75) is 13.8 Å². The Bertz CT molecular complexity index is 657. The first kappa shape index (κ1) is 15.3. The summed E-state index contributed by atoms with van der Waals surface area (Å²) in [6, 6.07) is 12.2. The van der Waals surface area contributed by atoms with Gasteiger partial charge >= 0.3 is 0 Å². The van der Waals surface area contributed by atoms with E-state index >= 15 is 0 Å². The van der Waals surface area contributed by atoms with Gasteiger partial charge in [-0.2, -0.15) is 0 Å². The molecule has 1 amide bonds. The number of rotatable bonds is 4. The Kier molecular flexibility index (Phi) is 4.76. The molecule has 0 fully saturated rings. The van der Waals surface area contributed by atoms with Crippen LogP contribution >= 0.6 is 11.6 Å². The fourth-order valence-electron chi connectivity index (χ4n) is 2.11. The number of hydrogen-bond acceptors (Lipinski definition) is 2. The number of carbonyl (C=O) groups excluding carboxylic acids is 2. The Morgan fingerprint density at radius 2 is 1.52 bits per heavy atom. The van der Waals surface area contributed by atoms with Gasteiger partial charge in [-0.25, -0.2) is 0 Å². The van der Waals surface area contributed by atoms with Crippen molar-refractivity contribution in [2.24, 2.45) is 0 Å². The summed E-state index contributed by atoms with van der Waals surface area (Å²) in [6.45, 7) is 3.83. The van der Waals surface area contributed by atoms with Crippen LogP contribution in [0.4, 0.5) is 0 Å². The molecule has 0 aromatic heterocycles. The zero-order valence-corrected chi connectivity index (χ0v) is 12.7. The fraction of sp³-hybridized carbons (Fsp3) is 0.176. The number of ketones is 1. The smallest absolute Gasteiger partial charge is 0.251 e. The maximum absolute atomic E-state index is 12.1.